The van der Waals surface area contributed by atoms with Crippen LogP contribution in [-0.4, -0.2) is 48.1 Å². The SMILES string of the molecule is Cc1nc(C2CCN(C(C)C)CC2)cc(N(C)C)n1. The maximum absolute atomic E-state index is 4.65. The maximum Gasteiger partial charge on any atom is 0.132 e. The third-order valence-electron chi connectivity index (χ3n) is 3.98. The number of piperidine rings is 1. The van der Waals surface area contributed by atoms with E-state index in [0.29, 0.717) is 12.0 Å². The van der Waals surface area contributed by atoms with Gasteiger partial charge in [-0.05, 0) is 46.7 Å². The zero-order valence-electron chi connectivity index (χ0n) is 12.8. The van der Waals surface area contributed by atoms with Crippen LogP contribution in [0.4, 0.5) is 5.82 Å². The van der Waals surface area contributed by atoms with Gasteiger partial charge in [0.2, 0.25) is 0 Å². The first kappa shape index (κ1) is 14.3. The summed E-state index contributed by atoms with van der Waals surface area (Å²) in [6.45, 7) is 8.91. The number of anilines is 1. The van der Waals surface area contributed by atoms with Gasteiger partial charge in [-0.1, -0.05) is 0 Å². The van der Waals surface area contributed by atoms with E-state index in [1.165, 1.54) is 31.6 Å². The molecule has 1 aromatic heterocycles. The molecule has 2 heterocycles. The summed E-state index contributed by atoms with van der Waals surface area (Å²) in [6, 6.07) is 2.81. The van der Waals surface area contributed by atoms with E-state index in [2.05, 4.69) is 39.7 Å². The summed E-state index contributed by atoms with van der Waals surface area (Å²) in [5.41, 5.74) is 1.22. The summed E-state index contributed by atoms with van der Waals surface area (Å²) in [4.78, 5) is 13.7. The van der Waals surface area contributed by atoms with E-state index < -0.39 is 0 Å². The Morgan fingerprint density at radius 3 is 2.37 bits per heavy atom. The topological polar surface area (TPSA) is 32.3 Å². The smallest absolute Gasteiger partial charge is 0.132 e. The first-order valence-corrected chi connectivity index (χ1v) is 7.24. The lowest BCUT2D eigenvalue weighted by molar-refractivity contribution is 0.170. The second kappa shape index (κ2) is 5.87. The van der Waals surface area contributed by atoms with Crippen molar-refractivity contribution < 1.29 is 0 Å². The van der Waals surface area contributed by atoms with E-state index in [1.807, 2.05) is 21.0 Å². The molecule has 0 amide bonds. The van der Waals surface area contributed by atoms with Crippen molar-refractivity contribution in [2.45, 2.75) is 45.6 Å². The zero-order chi connectivity index (χ0) is 14.0. The minimum atomic E-state index is 0.593. The van der Waals surface area contributed by atoms with E-state index in [9.17, 15) is 0 Å². The van der Waals surface area contributed by atoms with E-state index in [1.54, 1.807) is 0 Å². The van der Waals surface area contributed by atoms with E-state index >= 15 is 0 Å². The van der Waals surface area contributed by atoms with Gasteiger partial charge in [-0.25, -0.2) is 9.97 Å². The number of rotatable bonds is 3. The van der Waals surface area contributed by atoms with Crippen molar-refractivity contribution in [1.82, 2.24) is 14.9 Å². The van der Waals surface area contributed by atoms with Crippen LogP contribution >= 0.6 is 0 Å². The Labute approximate surface area is 116 Å². The molecule has 0 aliphatic carbocycles. The molecule has 0 spiro atoms. The molecule has 2 rings (SSSR count). The zero-order valence-corrected chi connectivity index (χ0v) is 12.8. The van der Waals surface area contributed by atoms with Crippen LogP contribution in [0.2, 0.25) is 0 Å². The predicted octanol–water partition coefficient (Wildman–Crippen LogP) is 2.44. The van der Waals surface area contributed by atoms with Crippen molar-refractivity contribution in [1.29, 1.82) is 0 Å². The average molecular weight is 262 g/mol. The lowest BCUT2D eigenvalue weighted by atomic mass is 9.92. The highest BCUT2D eigenvalue weighted by atomic mass is 15.2. The summed E-state index contributed by atoms with van der Waals surface area (Å²) >= 11 is 0. The number of hydrogen-bond acceptors (Lipinski definition) is 4. The van der Waals surface area contributed by atoms with E-state index in [-0.39, 0.29) is 0 Å². The van der Waals surface area contributed by atoms with Crippen LogP contribution in [0.5, 0.6) is 0 Å². The second-order valence-corrected chi connectivity index (χ2v) is 6.00. The van der Waals surface area contributed by atoms with Gasteiger partial charge in [-0.2, -0.15) is 0 Å². The molecule has 4 heteroatoms. The van der Waals surface area contributed by atoms with Gasteiger partial charge in [0, 0.05) is 37.8 Å². The number of nitrogens with zero attached hydrogens (tertiary/aromatic N) is 4. The van der Waals surface area contributed by atoms with Gasteiger partial charge in [0.05, 0.1) is 0 Å². The molecule has 0 N–H and O–H groups in total. The monoisotopic (exact) mass is 262 g/mol. The molecule has 0 atom stereocenters. The van der Waals surface area contributed by atoms with Gasteiger partial charge in [-0.3, -0.25) is 0 Å². The highest BCUT2D eigenvalue weighted by molar-refractivity contribution is 5.38. The Morgan fingerprint density at radius 2 is 1.84 bits per heavy atom. The van der Waals surface area contributed by atoms with Crippen LogP contribution in [0, 0.1) is 6.92 Å². The molecule has 1 aromatic rings. The van der Waals surface area contributed by atoms with Crippen molar-refractivity contribution in [2.75, 3.05) is 32.1 Å². The number of hydrogen-bond donors (Lipinski definition) is 0. The molecule has 0 aromatic carbocycles. The third kappa shape index (κ3) is 3.44. The molecule has 0 bridgehead atoms. The molecule has 4 nitrogen and oxygen atoms in total. The summed E-state index contributed by atoms with van der Waals surface area (Å²) in [5.74, 6) is 2.50. The normalized spacial score (nSPS) is 18.0. The Hall–Kier alpha value is -1.16. The minimum Gasteiger partial charge on any atom is -0.363 e. The van der Waals surface area contributed by atoms with Crippen LogP contribution in [0.3, 0.4) is 0 Å². The molecular weight excluding hydrogens is 236 g/mol. The summed E-state index contributed by atoms with van der Waals surface area (Å²) in [7, 11) is 4.07. The van der Waals surface area contributed by atoms with Gasteiger partial charge in [-0.15, -0.1) is 0 Å². The van der Waals surface area contributed by atoms with Gasteiger partial charge in [0.1, 0.15) is 11.6 Å². The van der Waals surface area contributed by atoms with Crippen LogP contribution in [-0.2, 0) is 0 Å². The Morgan fingerprint density at radius 1 is 1.21 bits per heavy atom. The summed E-state index contributed by atoms with van der Waals surface area (Å²) in [6.07, 6.45) is 2.42. The van der Waals surface area contributed by atoms with Crippen LogP contribution < -0.4 is 4.90 Å². The van der Waals surface area contributed by atoms with E-state index in [0.717, 1.165) is 11.6 Å². The predicted molar refractivity (Wildman–Crippen MR) is 79.8 cm³/mol. The lowest BCUT2D eigenvalue weighted by Gasteiger charge is -2.34. The molecule has 1 aliphatic rings. The van der Waals surface area contributed by atoms with Gasteiger partial charge in [0.15, 0.2) is 0 Å². The van der Waals surface area contributed by atoms with Crippen molar-refractivity contribution >= 4 is 5.82 Å². The van der Waals surface area contributed by atoms with Crippen molar-refractivity contribution in [2.24, 2.45) is 0 Å². The first-order valence-electron chi connectivity index (χ1n) is 7.24. The van der Waals surface area contributed by atoms with E-state index in [4.69, 9.17) is 0 Å². The standard InChI is InChI=1S/C15H26N4/c1-11(2)19-8-6-13(7-9-19)14-10-15(18(4)5)17-12(3)16-14/h10-11,13H,6-9H2,1-5H3. The molecule has 0 radical (unpaired) electrons. The quantitative estimate of drug-likeness (QED) is 0.837. The molecule has 19 heavy (non-hydrogen) atoms. The fraction of sp³-hybridized carbons (Fsp3) is 0.733. The van der Waals surface area contributed by atoms with Crippen molar-refractivity contribution in [3.8, 4) is 0 Å². The van der Waals surface area contributed by atoms with Gasteiger partial charge in [0.25, 0.3) is 0 Å². The molecule has 0 unspecified atom stereocenters. The lowest BCUT2D eigenvalue weighted by Crippen LogP contribution is -2.38. The molecule has 1 aliphatic heterocycles. The van der Waals surface area contributed by atoms with Crippen LogP contribution in [0.1, 0.15) is 44.1 Å². The van der Waals surface area contributed by atoms with Gasteiger partial charge >= 0.3 is 0 Å². The Bertz CT molecular complexity index is 420. The molecule has 1 fully saturated rings. The van der Waals surface area contributed by atoms with Crippen molar-refractivity contribution in [3.63, 3.8) is 0 Å². The summed E-state index contributed by atoms with van der Waals surface area (Å²) in [5, 5.41) is 0. The van der Waals surface area contributed by atoms with Crippen LogP contribution in [0.25, 0.3) is 0 Å². The molecule has 0 saturated carbocycles. The molecular formula is C15H26N4. The highest BCUT2D eigenvalue weighted by Gasteiger charge is 2.23. The highest BCUT2D eigenvalue weighted by Crippen LogP contribution is 2.29. The molecule has 1 saturated heterocycles. The first-order chi connectivity index (χ1) is 8.97. The largest absolute Gasteiger partial charge is 0.363 e. The number of aromatic nitrogens is 2. The Kier molecular flexibility index (Phi) is 4.40. The minimum absolute atomic E-state index is 0.593. The fourth-order valence-corrected chi connectivity index (χ4v) is 2.72. The summed E-state index contributed by atoms with van der Waals surface area (Å²) < 4.78 is 0. The van der Waals surface area contributed by atoms with Crippen LogP contribution in [0.15, 0.2) is 6.07 Å². The second-order valence-electron chi connectivity index (χ2n) is 6.00. The third-order valence-corrected chi connectivity index (χ3v) is 3.98. The Balaban J connectivity index is 2.11. The number of aryl methyl sites for hydroxylation is 1. The molecule has 106 valence electrons. The number of likely N-dealkylation sites (tertiary alicyclic amines) is 1. The fourth-order valence-electron chi connectivity index (χ4n) is 2.72. The average Bonchev–Trinajstić information content (AvgIpc) is 2.38. The van der Waals surface area contributed by atoms with Crippen molar-refractivity contribution in [3.05, 3.63) is 17.6 Å². The maximum atomic E-state index is 4.65. The van der Waals surface area contributed by atoms with Gasteiger partial charge < -0.3 is 9.80 Å².